The lowest BCUT2D eigenvalue weighted by atomic mass is 10.1. The molecule has 0 aliphatic carbocycles. The summed E-state index contributed by atoms with van der Waals surface area (Å²) in [6, 6.07) is 3.69. The molecule has 0 N–H and O–H groups in total. The number of nitrogens with zero attached hydrogens (tertiary/aromatic N) is 1. The highest BCUT2D eigenvalue weighted by Crippen LogP contribution is 2.44. The number of halogens is 1. The molecule has 1 fully saturated rings. The molecule has 0 bridgehead atoms. The molecule has 1 aromatic rings. The highest BCUT2D eigenvalue weighted by atomic mass is 79.9. The molecule has 1 unspecified atom stereocenters. The van der Waals surface area contributed by atoms with Crippen LogP contribution >= 0.6 is 27.7 Å². The van der Waals surface area contributed by atoms with E-state index in [4.69, 9.17) is 9.47 Å². The number of rotatable bonds is 6. The van der Waals surface area contributed by atoms with Gasteiger partial charge in [-0.15, -0.1) is 11.8 Å². The summed E-state index contributed by atoms with van der Waals surface area (Å²) in [5.74, 6) is 1.65. The first-order chi connectivity index (χ1) is 11.5. The second kappa shape index (κ2) is 8.62. The van der Waals surface area contributed by atoms with Crippen LogP contribution < -0.4 is 9.47 Å². The van der Waals surface area contributed by atoms with E-state index in [1.165, 1.54) is 7.11 Å². The van der Waals surface area contributed by atoms with Crippen LogP contribution in [-0.2, 0) is 14.3 Å². The van der Waals surface area contributed by atoms with Gasteiger partial charge in [0, 0.05) is 28.8 Å². The summed E-state index contributed by atoms with van der Waals surface area (Å²) in [7, 11) is 4.49. The number of carbonyl (C=O) groups excluding carboxylic acids is 2. The van der Waals surface area contributed by atoms with Crippen molar-refractivity contribution in [3.63, 3.8) is 0 Å². The van der Waals surface area contributed by atoms with E-state index in [1.54, 1.807) is 30.9 Å². The molecule has 0 aromatic heterocycles. The zero-order valence-electron chi connectivity index (χ0n) is 13.8. The molecule has 2 rings (SSSR count). The number of methoxy groups -OCH3 is 3. The first-order valence-corrected chi connectivity index (χ1v) is 9.25. The number of carbonyl (C=O) groups is 2. The van der Waals surface area contributed by atoms with Crippen molar-refractivity contribution in [3.8, 4) is 11.5 Å². The Morgan fingerprint density at radius 1 is 1.29 bits per heavy atom. The van der Waals surface area contributed by atoms with Gasteiger partial charge in [-0.25, -0.2) is 0 Å². The molecule has 1 amide bonds. The number of esters is 1. The minimum atomic E-state index is -0.330. The summed E-state index contributed by atoms with van der Waals surface area (Å²) < 4.78 is 16.2. The standard InChI is InChI=1S/C16H20BrNO5S/c1-21-12-8-10(11(17)9-13(12)22-2)16-18(6-4-15(20)23-3)14(19)5-7-24-16/h8-9,16H,4-7H2,1-3H3. The number of ether oxygens (including phenoxy) is 3. The lowest BCUT2D eigenvalue weighted by Crippen LogP contribution is -2.38. The van der Waals surface area contributed by atoms with Gasteiger partial charge in [0.15, 0.2) is 11.5 Å². The molecule has 1 saturated heterocycles. The van der Waals surface area contributed by atoms with E-state index in [9.17, 15) is 9.59 Å². The van der Waals surface area contributed by atoms with Crippen LogP contribution in [0.25, 0.3) is 0 Å². The largest absolute Gasteiger partial charge is 0.493 e. The minimum Gasteiger partial charge on any atom is -0.493 e. The number of hydrogen-bond acceptors (Lipinski definition) is 6. The second-order valence-electron chi connectivity index (χ2n) is 5.12. The van der Waals surface area contributed by atoms with Crippen LogP contribution in [0.3, 0.4) is 0 Å². The van der Waals surface area contributed by atoms with Crippen molar-refractivity contribution in [3.05, 3.63) is 22.2 Å². The van der Waals surface area contributed by atoms with Crippen molar-refractivity contribution in [2.75, 3.05) is 33.6 Å². The summed E-state index contributed by atoms with van der Waals surface area (Å²) in [6.07, 6.45) is 0.636. The van der Waals surface area contributed by atoms with Crippen LogP contribution in [0.1, 0.15) is 23.8 Å². The molecule has 1 aliphatic heterocycles. The number of benzene rings is 1. The van der Waals surface area contributed by atoms with Crippen LogP contribution in [0.4, 0.5) is 0 Å². The summed E-state index contributed by atoms with van der Waals surface area (Å²) in [5.41, 5.74) is 0.913. The first-order valence-electron chi connectivity index (χ1n) is 7.41. The van der Waals surface area contributed by atoms with E-state index in [0.29, 0.717) is 24.5 Å². The topological polar surface area (TPSA) is 65.1 Å². The summed E-state index contributed by atoms with van der Waals surface area (Å²) in [5, 5.41) is -0.190. The van der Waals surface area contributed by atoms with E-state index in [-0.39, 0.29) is 23.7 Å². The maximum Gasteiger partial charge on any atom is 0.307 e. The molecule has 1 heterocycles. The Bertz CT molecular complexity index is 625. The Hall–Kier alpha value is -1.41. The van der Waals surface area contributed by atoms with E-state index in [0.717, 1.165) is 15.8 Å². The van der Waals surface area contributed by atoms with Crippen LogP contribution in [0.15, 0.2) is 16.6 Å². The fourth-order valence-electron chi connectivity index (χ4n) is 2.49. The molecule has 132 valence electrons. The predicted molar refractivity (Wildman–Crippen MR) is 95.4 cm³/mol. The summed E-state index contributed by atoms with van der Waals surface area (Å²) >= 11 is 5.21. The molecule has 24 heavy (non-hydrogen) atoms. The fourth-order valence-corrected chi connectivity index (χ4v) is 4.48. The first kappa shape index (κ1) is 18.9. The maximum absolute atomic E-state index is 12.4. The zero-order chi connectivity index (χ0) is 17.7. The van der Waals surface area contributed by atoms with Gasteiger partial charge in [0.2, 0.25) is 5.91 Å². The number of thioether (sulfide) groups is 1. The predicted octanol–water partition coefficient (Wildman–Crippen LogP) is 2.99. The van der Waals surface area contributed by atoms with Crippen molar-refractivity contribution in [1.29, 1.82) is 0 Å². The van der Waals surface area contributed by atoms with Crippen LogP contribution in [0.2, 0.25) is 0 Å². The molecule has 0 spiro atoms. The average molecular weight is 418 g/mol. The smallest absolute Gasteiger partial charge is 0.307 e. The van der Waals surface area contributed by atoms with E-state index < -0.39 is 0 Å². The Balaban J connectivity index is 2.32. The number of amides is 1. The van der Waals surface area contributed by atoms with Crippen molar-refractivity contribution < 1.29 is 23.8 Å². The quantitative estimate of drug-likeness (QED) is 0.662. The molecule has 0 radical (unpaired) electrons. The van der Waals surface area contributed by atoms with Crippen molar-refractivity contribution in [2.24, 2.45) is 0 Å². The SMILES string of the molecule is COC(=O)CCN1C(=O)CCSC1c1cc(OC)c(OC)cc1Br. The Labute approximate surface area is 153 Å². The normalized spacial score (nSPS) is 17.6. The molecule has 1 atom stereocenters. The lowest BCUT2D eigenvalue weighted by Gasteiger charge is -2.36. The Kier molecular flexibility index (Phi) is 6.79. The van der Waals surface area contributed by atoms with Crippen molar-refractivity contribution in [2.45, 2.75) is 18.2 Å². The summed E-state index contributed by atoms with van der Waals surface area (Å²) in [6.45, 7) is 0.323. The lowest BCUT2D eigenvalue weighted by molar-refractivity contribution is -0.142. The highest BCUT2D eigenvalue weighted by Gasteiger charge is 2.32. The van der Waals surface area contributed by atoms with Gasteiger partial charge in [-0.2, -0.15) is 0 Å². The molecular formula is C16H20BrNO5S. The van der Waals surface area contributed by atoms with E-state index >= 15 is 0 Å². The van der Waals surface area contributed by atoms with Gasteiger partial charge in [0.1, 0.15) is 5.37 Å². The molecule has 0 saturated carbocycles. The number of hydrogen-bond donors (Lipinski definition) is 0. The van der Waals surface area contributed by atoms with Gasteiger partial charge >= 0.3 is 5.97 Å². The van der Waals surface area contributed by atoms with Gasteiger partial charge < -0.3 is 19.1 Å². The fraction of sp³-hybridized carbons (Fsp3) is 0.500. The van der Waals surface area contributed by atoms with Crippen LogP contribution in [0.5, 0.6) is 11.5 Å². The molecule has 1 aliphatic rings. The molecule has 8 heteroatoms. The minimum absolute atomic E-state index is 0.0318. The Morgan fingerprint density at radius 2 is 1.96 bits per heavy atom. The van der Waals surface area contributed by atoms with Gasteiger partial charge in [-0.3, -0.25) is 9.59 Å². The monoisotopic (exact) mass is 417 g/mol. The van der Waals surface area contributed by atoms with Gasteiger partial charge in [0.05, 0.1) is 27.8 Å². The zero-order valence-corrected chi connectivity index (χ0v) is 16.2. The molecule has 1 aromatic carbocycles. The Morgan fingerprint density at radius 3 is 2.58 bits per heavy atom. The van der Waals surface area contributed by atoms with Gasteiger partial charge in [0.25, 0.3) is 0 Å². The maximum atomic E-state index is 12.4. The van der Waals surface area contributed by atoms with E-state index in [2.05, 4.69) is 20.7 Å². The van der Waals surface area contributed by atoms with Crippen LogP contribution in [0, 0.1) is 0 Å². The average Bonchev–Trinajstić information content (AvgIpc) is 2.59. The van der Waals surface area contributed by atoms with Gasteiger partial charge in [-0.05, 0) is 12.1 Å². The third-order valence-electron chi connectivity index (χ3n) is 3.75. The molecule has 6 nitrogen and oxygen atoms in total. The second-order valence-corrected chi connectivity index (χ2v) is 7.16. The third-order valence-corrected chi connectivity index (χ3v) is 5.70. The van der Waals surface area contributed by atoms with Crippen LogP contribution in [-0.4, -0.2) is 50.4 Å². The van der Waals surface area contributed by atoms with Crippen molar-refractivity contribution in [1.82, 2.24) is 4.90 Å². The third kappa shape index (κ3) is 4.16. The summed E-state index contributed by atoms with van der Waals surface area (Å²) in [4.78, 5) is 25.5. The van der Waals surface area contributed by atoms with E-state index in [1.807, 2.05) is 12.1 Å². The molecular weight excluding hydrogens is 398 g/mol. The highest BCUT2D eigenvalue weighted by molar-refractivity contribution is 9.10. The van der Waals surface area contributed by atoms with Crippen molar-refractivity contribution >= 4 is 39.6 Å². The van der Waals surface area contributed by atoms with Gasteiger partial charge in [-0.1, -0.05) is 15.9 Å².